The molecule has 1 aliphatic carbocycles. The van der Waals surface area contributed by atoms with E-state index in [9.17, 15) is 10.1 Å². The van der Waals surface area contributed by atoms with Gasteiger partial charge in [-0.1, -0.05) is 36.4 Å². The van der Waals surface area contributed by atoms with Crippen LogP contribution in [0.15, 0.2) is 48.5 Å². The van der Waals surface area contributed by atoms with E-state index in [1.807, 2.05) is 36.4 Å². The van der Waals surface area contributed by atoms with Gasteiger partial charge >= 0.3 is 0 Å². The first-order chi connectivity index (χ1) is 9.75. The molecule has 0 fully saturated rings. The Morgan fingerprint density at radius 3 is 2.75 bits per heavy atom. The van der Waals surface area contributed by atoms with E-state index in [1.54, 1.807) is 6.07 Å². The van der Waals surface area contributed by atoms with Crippen LogP contribution >= 0.6 is 0 Å². The predicted molar refractivity (Wildman–Crippen MR) is 80.8 cm³/mol. The van der Waals surface area contributed by atoms with Crippen molar-refractivity contribution in [3.8, 4) is 0 Å². The van der Waals surface area contributed by atoms with E-state index >= 15 is 0 Å². The predicted octanol–water partition coefficient (Wildman–Crippen LogP) is 4.47. The molecule has 0 saturated carbocycles. The summed E-state index contributed by atoms with van der Waals surface area (Å²) in [5.74, 6) is 0. The van der Waals surface area contributed by atoms with Crippen molar-refractivity contribution in [2.75, 3.05) is 0 Å². The number of nitro benzene ring substituents is 1. The van der Waals surface area contributed by atoms with Crippen molar-refractivity contribution in [1.29, 1.82) is 0 Å². The number of fused-ring (bicyclic) bond motifs is 2. The first-order valence-electron chi connectivity index (χ1n) is 6.54. The Kier molecular flexibility index (Phi) is 2.18. The summed E-state index contributed by atoms with van der Waals surface area (Å²) in [4.78, 5) is 11.0. The minimum absolute atomic E-state index is 0.186. The van der Waals surface area contributed by atoms with Gasteiger partial charge in [-0.2, -0.15) is 0 Å². The van der Waals surface area contributed by atoms with Crippen molar-refractivity contribution in [3.63, 3.8) is 0 Å². The van der Waals surface area contributed by atoms with Crippen molar-refractivity contribution in [3.05, 3.63) is 69.8 Å². The van der Waals surface area contributed by atoms with Crippen molar-refractivity contribution >= 4 is 33.3 Å². The lowest BCUT2D eigenvalue weighted by atomic mass is 9.88. The van der Waals surface area contributed by atoms with E-state index in [1.165, 1.54) is 10.9 Å². The molecule has 0 radical (unpaired) electrons. The lowest BCUT2D eigenvalue weighted by Crippen LogP contribution is -1.98. The summed E-state index contributed by atoms with van der Waals surface area (Å²) in [6, 6.07) is 13.5. The summed E-state index contributed by atoms with van der Waals surface area (Å²) >= 11 is 0. The van der Waals surface area contributed by atoms with Gasteiger partial charge in [0.2, 0.25) is 0 Å². The first kappa shape index (κ1) is 11.2. The van der Waals surface area contributed by atoms with Crippen LogP contribution < -0.4 is 0 Å². The Bertz CT molecular complexity index is 910. The van der Waals surface area contributed by atoms with Gasteiger partial charge in [-0.15, -0.1) is 0 Å². The number of nitro groups is 1. The maximum absolute atomic E-state index is 11.3. The topological polar surface area (TPSA) is 43.1 Å². The Morgan fingerprint density at radius 1 is 1.05 bits per heavy atom. The summed E-state index contributed by atoms with van der Waals surface area (Å²) in [5.41, 5.74) is 2.45. The highest BCUT2D eigenvalue weighted by Crippen LogP contribution is 2.38. The van der Waals surface area contributed by atoms with Gasteiger partial charge in [0.05, 0.1) is 10.3 Å². The first-order valence-corrected chi connectivity index (χ1v) is 6.54. The van der Waals surface area contributed by atoms with Crippen molar-refractivity contribution in [1.82, 2.24) is 0 Å². The zero-order valence-electron chi connectivity index (χ0n) is 10.7. The van der Waals surface area contributed by atoms with Crippen LogP contribution in [0.2, 0.25) is 0 Å². The molecular weight excluding hydrogens is 250 g/mol. The molecule has 0 aromatic heterocycles. The highest BCUT2D eigenvalue weighted by atomic mass is 16.6. The number of hydrogen-bond acceptors (Lipinski definition) is 2. The molecule has 3 heteroatoms. The fourth-order valence-corrected chi connectivity index (χ4v) is 3.11. The van der Waals surface area contributed by atoms with Crippen LogP contribution in [0.5, 0.6) is 0 Å². The van der Waals surface area contributed by atoms with Gasteiger partial charge in [0.25, 0.3) is 5.69 Å². The van der Waals surface area contributed by atoms with E-state index in [0.29, 0.717) is 0 Å². The SMILES string of the molecule is O=[N+]([O-])c1ccc2c3c(c4ccccc4cc13)CC=C2. The second-order valence-corrected chi connectivity index (χ2v) is 5.04. The minimum atomic E-state index is -0.296. The van der Waals surface area contributed by atoms with Gasteiger partial charge in [0, 0.05) is 6.07 Å². The molecule has 0 atom stereocenters. The molecule has 96 valence electrons. The number of nitrogens with zero attached hydrogens (tertiary/aromatic N) is 1. The summed E-state index contributed by atoms with van der Waals surface area (Å²) in [6.45, 7) is 0. The maximum atomic E-state index is 11.3. The Morgan fingerprint density at radius 2 is 1.90 bits per heavy atom. The molecular formula is C17H11NO2. The summed E-state index contributed by atoms with van der Waals surface area (Å²) in [7, 11) is 0. The summed E-state index contributed by atoms with van der Waals surface area (Å²) in [5, 5.41) is 15.3. The molecule has 3 nitrogen and oxygen atoms in total. The molecule has 1 aliphatic rings. The molecule has 0 heterocycles. The Labute approximate surface area is 115 Å². The number of rotatable bonds is 1. The third kappa shape index (κ3) is 1.40. The Balaban J connectivity index is 2.29. The second-order valence-electron chi connectivity index (χ2n) is 5.04. The van der Waals surface area contributed by atoms with E-state index in [2.05, 4.69) is 12.1 Å². The fourth-order valence-electron chi connectivity index (χ4n) is 3.11. The van der Waals surface area contributed by atoms with Gasteiger partial charge in [0.15, 0.2) is 0 Å². The van der Waals surface area contributed by atoms with Gasteiger partial charge in [0.1, 0.15) is 0 Å². The van der Waals surface area contributed by atoms with Gasteiger partial charge in [-0.25, -0.2) is 0 Å². The number of hydrogen-bond donors (Lipinski definition) is 0. The molecule has 0 aliphatic heterocycles. The number of allylic oxidation sites excluding steroid dienone is 1. The minimum Gasteiger partial charge on any atom is -0.258 e. The molecule has 0 spiro atoms. The largest absolute Gasteiger partial charge is 0.277 e. The summed E-state index contributed by atoms with van der Waals surface area (Å²) < 4.78 is 0. The van der Waals surface area contributed by atoms with Crippen LogP contribution in [0.4, 0.5) is 5.69 Å². The zero-order valence-corrected chi connectivity index (χ0v) is 10.7. The van der Waals surface area contributed by atoms with Crippen molar-refractivity contribution in [2.45, 2.75) is 6.42 Å². The zero-order chi connectivity index (χ0) is 13.7. The van der Waals surface area contributed by atoms with Crippen LogP contribution in [0, 0.1) is 10.1 Å². The van der Waals surface area contributed by atoms with Crippen LogP contribution in [0.1, 0.15) is 11.1 Å². The average molecular weight is 261 g/mol. The molecule has 0 amide bonds. The van der Waals surface area contributed by atoms with E-state index < -0.39 is 0 Å². The molecule has 0 saturated heterocycles. The molecule has 3 aromatic rings. The van der Waals surface area contributed by atoms with E-state index in [-0.39, 0.29) is 10.6 Å². The second kappa shape index (κ2) is 3.90. The monoisotopic (exact) mass is 261 g/mol. The van der Waals surface area contributed by atoms with Crippen molar-refractivity contribution in [2.24, 2.45) is 0 Å². The third-order valence-electron chi connectivity index (χ3n) is 3.96. The highest BCUT2D eigenvalue weighted by molar-refractivity contribution is 6.09. The average Bonchev–Trinajstić information content (AvgIpc) is 2.47. The molecule has 20 heavy (non-hydrogen) atoms. The van der Waals surface area contributed by atoms with Crippen LogP contribution in [-0.2, 0) is 6.42 Å². The molecule has 0 bridgehead atoms. The highest BCUT2D eigenvalue weighted by Gasteiger charge is 2.19. The molecule has 0 N–H and O–H groups in total. The summed E-state index contributed by atoms with van der Waals surface area (Å²) in [6.07, 6.45) is 5.00. The molecule has 0 unspecified atom stereocenters. The molecule has 3 aromatic carbocycles. The van der Waals surface area contributed by atoms with Gasteiger partial charge in [-0.05, 0) is 45.8 Å². The lowest BCUT2D eigenvalue weighted by molar-refractivity contribution is -0.383. The Hall–Kier alpha value is -2.68. The normalized spacial score (nSPS) is 13.0. The smallest absolute Gasteiger partial charge is 0.258 e. The molecule has 4 rings (SSSR count). The number of non-ortho nitro benzene ring substituents is 1. The van der Waals surface area contributed by atoms with Gasteiger partial charge < -0.3 is 0 Å². The third-order valence-corrected chi connectivity index (χ3v) is 3.96. The van der Waals surface area contributed by atoms with Crippen LogP contribution in [-0.4, -0.2) is 4.92 Å². The van der Waals surface area contributed by atoms with E-state index in [0.717, 1.165) is 28.1 Å². The number of benzene rings is 3. The quantitative estimate of drug-likeness (QED) is 0.368. The van der Waals surface area contributed by atoms with Crippen molar-refractivity contribution < 1.29 is 4.92 Å². The lowest BCUT2D eigenvalue weighted by Gasteiger charge is -2.15. The maximum Gasteiger partial charge on any atom is 0.277 e. The van der Waals surface area contributed by atoms with E-state index in [4.69, 9.17) is 0 Å². The van der Waals surface area contributed by atoms with Gasteiger partial charge in [-0.3, -0.25) is 10.1 Å². The van der Waals surface area contributed by atoms with Crippen LogP contribution in [0.25, 0.3) is 27.6 Å². The van der Waals surface area contributed by atoms with Crippen LogP contribution in [0.3, 0.4) is 0 Å². The standard InChI is InChI=1S/C17H11NO2/c19-18(20)16-9-8-11-5-3-7-14-13-6-2-1-4-12(13)10-15(16)17(11)14/h1-6,8-10H,7H2. The fraction of sp³-hybridized carbons (Fsp3) is 0.0588.